The zero-order valence-corrected chi connectivity index (χ0v) is 13.1. The number of hydrogen-bond donors (Lipinski definition) is 1. The molecule has 8 heteroatoms. The monoisotopic (exact) mass is 338 g/mol. The Kier molecular flexibility index (Phi) is 4.29. The molecule has 1 aromatic carbocycles. The van der Waals surface area contributed by atoms with Crippen molar-refractivity contribution in [3.63, 3.8) is 0 Å². The third-order valence-corrected chi connectivity index (χ3v) is 4.29. The molecule has 1 aromatic heterocycles. The van der Waals surface area contributed by atoms with Crippen LogP contribution in [0.5, 0.6) is 0 Å². The van der Waals surface area contributed by atoms with Crippen molar-refractivity contribution in [2.75, 3.05) is 6.54 Å². The second kappa shape index (κ2) is 6.26. The molecule has 0 bridgehead atoms. The number of alkyl halides is 3. The summed E-state index contributed by atoms with van der Waals surface area (Å²) >= 11 is 0. The summed E-state index contributed by atoms with van der Waals surface area (Å²) in [7, 11) is 0. The predicted molar refractivity (Wildman–Crippen MR) is 80.2 cm³/mol. The van der Waals surface area contributed by atoms with Crippen molar-refractivity contribution in [1.29, 1.82) is 0 Å². The summed E-state index contributed by atoms with van der Waals surface area (Å²) in [6.45, 7) is 2.16. The van der Waals surface area contributed by atoms with E-state index < -0.39 is 11.7 Å². The Balaban J connectivity index is 1.93. The number of hydrogen-bond acceptors (Lipinski definition) is 3. The molecule has 1 atom stereocenters. The fourth-order valence-electron chi connectivity index (χ4n) is 3.07. The van der Waals surface area contributed by atoms with Crippen LogP contribution in [0.1, 0.15) is 52.6 Å². The van der Waals surface area contributed by atoms with E-state index in [2.05, 4.69) is 15.4 Å². The van der Waals surface area contributed by atoms with Gasteiger partial charge in [0.1, 0.15) is 0 Å². The van der Waals surface area contributed by atoms with Gasteiger partial charge in [-0.25, -0.2) is 0 Å². The summed E-state index contributed by atoms with van der Waals surface area (Å²) in [5.41, 5.74) is 0.497. The molecular formula is C16H17F3N4O. The number of piperidine rings is 1. The van der Waals surface area contributed by atoms with E-state index in [4.69, 9.17) is 0 Å². The third kappa shape index (κ3) is 3.13. The van der Waals surface area contributed by atoms with Crippen LogP contribution < -0.4 is 0 Å². The van der Waals surface area contributed by atoms with Crippen molar-refractivity contribution >= 4 is 5.91 Å². The van der Waals surface area contributed by atoms with Gasteiger partial charge in [0, 0.05) is 6.54 Å². The highest BCUT2D eigenvalue weighted by Crippen LogP contribution is 2.36. The molecule has 0 radical (unpaired) electrons. The molecule has 1 aliphatic heterocycles. The van der Waals surface area contributed by atoms with Gasteiger partial charge in [-0.05, 0) is 43.9 Å². The maximum Gasteiger partial charge on any atom is 0.416 e. The van der Waals surface area contributed by atoms with Gasteiger partial charge >= 0.3 is 6.18 Å². The minimum atomic E-state index is -4.40. The molecule has 1 unspecified atom stereocenters. The molecule has 1 N–H and O–H groups in total. The Bertz CT molecular complexity index is 741. The van der Waals surface area contributed by atoms with Gasteiger partial charge in [-0.1, -0.05) is 12.1 Å². The maximum atomic E-state index is 13.0. The smallest absolute Gasteiger partial charge is 0.330 e. The van der Waals surface area contributed by atoms with Crippen LogP contribution in [0.25, 0.3) is 0 Å². The highest BCUT2D eigenvalue weighted by molar-refractivity contribution is 5.93. The molecule has 1 saturated heterocycles. The molecule has 1 aliphatic rings. The molecule has 2 aromatic rings. The molecular weight excluding hydrogens is 321 g/mol. The van der Waals surface area contributed by atoms with Crippen molar-refractivity contribution in [2.45, 2.75) is 38.4 Å². The van der Waals surface area contributed by atoms with E-state index >= 15 is 0 Å². The molecule has 128 valence electrons. The molecule has 0 spiro atoms. The van der Waals surface area contributed by atoms with Crippen LogP contribution in [-0.2, 0) is 6.18 Å². The lowest BCUT2D eigenvalue weighted by molar-refractivity contribution is -0.137. The first-order valence-electron chi connectivity index (χ1n) is 7.73. The summed E-state index contributed by atoms with van der Waals surface area (Å²) in [5, 5.41) is 10.1. The van der Waals surface area contributed by atoms with Gasteiger partial charge in [-0.2, -0.15) is 28.6 Å². The molecule has 5 nitrogen and oxygen atoms in total. The number of aryl methyl sites for hydroxylation is 1. The predicted octanol–water partition coefficient (Wildman–Crippen LogP) is 3.50. The zero-order valence-electron chi connectivity index (χ0n) is 13.1. The van der Waals surface area contributed by atoms with Gasteiger partial charge < -0.3 is 4.90 Å². The second-order valence-electron chi connectivity index (χ2n) is 5.89. The Morgan fingerprint density at radius 3 is 2.75 bits per heavy atom. The van der Waals surface area contributed by atoms with Crippen molar-refractivity contribution in [1.82, 2.24) is 20.3 Å². The number of aromatic amines is 1. The van der Waals surface area contributed by atoms with Crippen LogP contribution in [0.2, 0.25) is 0 Å². The lowest BCUT2D eigenvalue weighted by Gasteiger charge is -2.36. The molecule has 3 rings (SSSR count). The fraction of sp³-hybridized carbons (Fsp3) is 0.438. The highest BCUT2D eigenvalue weighted by atomic mass is 19.4. The topological polar surface area (TPSA) is 61.9 Å². The van der Waals surface area contributed by atoms with E-state index in [1.165, 1.54) is 6.07 Å². The molecule has 0 saturated carbocycles. The van der Waals surface area contributed by atoms with Crippen LogP contribution in [0.4, 0.5) is 13.2 Å². The number of aromatic nitrogens is 3. The minimum absolute atomic E-state index is 0.217. The molecule has 0 aliphatic carbocycles. The average molecular weight is 338 g/mol. The maximum absolute atomic E-state index is 13.0. The van der Waals surface area contributed by atoms with Crippen molar-refractivity contribution in [3.8, 4) is 0 Å². The normalized spacial score (nSPS) is 18.7. The number of likely N-dealkylation sites (tertiary alicyclic amines) is 1. The van der Waals surface area contributed by atoms with Crippen LogP contribution in [0.3, 0.4) is 0 Å². The van der Waals surface area contributed by atoms with Gasteiger partial charge in [-0.3, -0.25) is 4.79 Å². The fourth-order valence-corrected chi connectivity index (χ4v) is 3.07. The standard InChI is InChI=1S/C16H17F3N4O/c1-10-14(21-22-20-10)15(24)23-8-3-2-7-13(23)11-5-4-6-12(9-11)16(17,18)19/h4-6,9,13H,2-3,7-8H2,1H3,(H,20,21,22). The van der Waals surface area contributed by atoms with E-state index in [0.29, 0.717) is 24.2 Å². The zero-order chi connectivity index (χ0) is 17.3. The third-order valence-electron chi connectivity index (χ3n) is 4.29. The number of H-pyrrole nitrogens is 1. The molecule has 1 amide bonds. The number of nitrogens with one attached hydrogen (secondary N) is 1. The van der Waals surface area contributed by atoms with Crippen LogP contribution >= 0.6 is 0 Å². The summed E-state index contributed by atoms with van der Waals surface area (Å²) in [6.07, 6.45) is -2.09. The average Bonchev–Trinajstić information content (AvgIpc) is 2.99. The second-order valence-corrected chi connectivity index (χ2v) is 5.89. The minimum Gasteiger partial charge on any atom is -0.330 e. The quantitative estimate of drug-likeness (QED) is 0.912. The van der Waals surface area contributed by atoms with Crippen LogP contribution in [0.15, 0.2) is 24.3 Å². The first-order valence-corrected chi connectivity index (χ1v) is 7.73. The lowest BCUT2D eigenvalue weighted by Crippen LogP contribution is -2.39. The number of nitrogens with zero attached hydrogens (tertiary/aromatic N) is 3. The van der Waals surface area contributed by atoms with E-state index in [-0.39, 0.29) is 17.6 Å². The SMILES string of the molecule is Cc1n[nH]nc1C(=O)N1CCCCC1c1cccc(C(F)(F)F)c1. The van der Waals surface area contributed by atoms with Crippen LogP contribution in [0, 0.1) is 6.92 Å². The number of carbonyl (C=O) groups excluding carboxylic acids is 1. The molecule has 1 fully saturated rings. The van der Waals surface area contributed by atoms with Crippen molar-refractivity contribution < 1.29 is 18.0 Å². The van der Waals surface area contributed by atoms with Gasteiger partial charge in [-0.15, -0.1) is 0 Å². The van der Waals surface area contributed by atoms with Crippen molar-refractivity contribution in [3.05, 3.63) is 46.8 Å². The largest absolute Gasteiger partial charge is 0.416 e. The van der Waals surface area contributed by atoms with E-state index in [9.17, 15) is 18.0 Å². The van der Waals surface area contributed by atoms with Gasteiger partial charge in [0.25, 0.3) is 5.91 Å². The number of rotatable bonds is 2. The Morgan fingerprint density at radius 2 is 2.08 bits per heavy atom. The van der Waals surface area contributed by atoms with Gasteiger partial charge in [0.2, 0.25) is 0 Å². The lowest BCUT2D eigenvalue weighted by atomic mass is 9.93. The Labute approximate surface area is 136 Å². The molecule has 24 heavy (non-hydrogen) atoms. The summed E-state index contributed by atoms with van der Waals surface area (Å²) < 4.78 is 38.9. The van der Waals surface area contributed by atoms with E-state index in [1.807, 2.05) is 0 Å². The summed E-state index contributed by atoms with van der Waals surface area (Å²) in [6, 6.07) is 4.81. The Hall–Kier alpha value is -2.38. The van der Waals surface area contributed by atoms with Gasteiger partial charge in [0.15, 0.2) is 5.69 Å². The van der Waals surface area contributed by atoms with Crippen molar-refractivity contribution in [2.24, 2.45) is 0 Å². The number of amides is 1. The molecule has 2 heterocycles. The first kappa shape index (κ1) is 16.5. The highest BCUT2D eigenvalue weighted by Gasteiger charge is 2.34. The first-order chi connectivity index (χ1) is 11.4. The van der Waals surface area contributed by atoms with Gasteiger partial charge in [0.05, 0.1) is 17.3 Å². The summed E-state index contributed by atoms with van der Waals surface area (Å²) in [5.74, 6) is -0.302. The summed E-state index contributed by atoms with van der Waals surface area (Å²) in [4.78, 5) is 14.3. The number of benzene rings is 1. The number of halogens is 3. The van der Waals surface area contributed by atoms with E-state index in [0.717, 1.165) is 25.0 Å². The number of carbonyl (C=O) groups is 1. The van der Waals surface area contributed by atoms with E-state index in [1.54, 1.807) is 17.9 Å². The Morgan fingerprint density at radius 1 is 1.29 bits per heavy atom. The van der Waals surface area contributed by atoms with Crippen LogP contribution in [-0.4, -0.2) is 32.8 Å².